The molecule has 1 aliphatic rings. The minimum absolute atomic E-state index is 0.0890. The van der Waals surface area contributed by atoms with E-state index < -0.39 is 10.0 Å². The highest BCUT2D eigenvalue weighted by molar-refractivity contribution is 9.10. The first-order chi connectivity index (χ1) is 12.3. The summed E-state index contributed by atoms with van der Waals surface area (Å²) in [6.45, 7) is 0. The maximum atomic E-state index is 12.2. The molecule has 0 aliphatic heterocycles. The molecule has 0 saturated heterocycles. The fourth-order valence-electron chi connectivity index (χ4n) is 2.66. The van der Waals surface area contributed by atoms with E-state index in [2.05, 4.69) is 30.6 Å². The van der Waals surface area contributed by atoms with E-state index in [1.807, 2.05) is 0 Å². The van der Waals surface area contributed by atoms with Crippen LogP contribution >= 0.6 is 39.1 Å². The van der Waals surface area contributed by atoms with Gasteiger partial charge in [-0.2, -0.15) is 0 Å². The second kappa shape index (κ2) is 6.80. The van der Waals surface area contributed by atoms with E-state index in [1.165, 1.54) is 0 Å². The normalized spacial score (nSPS) is 14.9. The Kier molecular flexibility index (Phi) is 4.77. The maximum absolute atomic E-state index is 12.2. The average molecular weight is 475 g/mol. The second-order valence-corrected chi connectivity index (χ2v) is 9.57. The molecule has 3 aromatic rings. The van der Waals surface area contributed by atoms with E-state index in [1.54, 1.807) is 30.3 Å². The summed E-state index contributed by atoms with van der Waals surface area (Å²) >= 11 is 15.7. The molecule has 5 nitrogen and oxygen atoms in total. The van der Waals surface area contributed by atoms with Crippen molar-refractivity contribution in [3.8, 4) is 0 Å². The van der Waals surface area contributed by atoms with E-state index >= 15 is 0 Å². The zero-order valence-corrected chi connectivity index (χ0v) is 17.3. The predicted molar refractivity (Wildman–Crippen MR) is 106 cm³/mol. The molecule has 136 valence electrons. The predicted octanol–water partition coefficient (Wildman–Crippen LogP) is 4.66. The Labute approximate surface area is 169 Å². The Balaban J connectivity index is 1.57. The van der Waals surface area contributed by atoms with Gasteiger partial charge in [0.1, 0.15) is 11.3 Å². The molecule has 26 heavy (non-hydrogen) atoms. The van der Waals surface area contributed by atoms with E-state index in [-0.39, 0.29) is 10.9 Å². The van der Waals surface area contributed by atoms with Crippen molar-refractivity contribution in [3.63, 3.8) is 0 Å². The number of imidazole rings is 1. The van der Waals surface area contributed by atoms with Crippen molar-refractivity contribution in [1.29, 1.82) is 0 Å². The van der Waals surface area contributed by atoms with Gasteiger partial charge in [-0.3, -0.25) is 0 Å². The summed E-state index contributed by atoms with van der Waals surface area (Å²) < 4.78 is 27.7. The number of sulfonamides is 1. The molecule has 4 rings (SSSR count). The zero-order valence-electron chi connectivity index (χ0n) is 13.4. The molecule has 0 bridgehead atoms. The van der Waals surface area contributed by atoms with Crippen LogP contribution in [0.5, 0.6) is 0 Å². The highest BCUT2D eigenvalue weighted by Crippen LogP contribution is 2.36. The first kappa shape index (κ1) is 18.3. The third-order valence-corrected chi connectivity index (χ3v) is 7.65. The van der Waals surface area contributed by atoms with Crippen LogP contribution in [0.1, 0.15) is 24.2 Å². The SMILES string of the molecule is O=S(=O)(NC1CC1)c1ccc(Cc2nc3c(Cl)c(Br)c(Cl)cc3[nH]2)cc1. The summed E-state index contributed by atoms with van der Waals surface area (Å²) in [5.41, 5.74) is 2.34. The molecule has 1 aliphatic carbocycles. The van der Waals surface area contributed by atoms with Gasteiger partial charge in [-0.25, -0.2) is 18.1 Å². The number of benzene rings is 2. The summed E-state index contributed by atoms with van der Waals surface area (Å²) in [4.78, 5) is 8.00. The quantitative estimate of drug-likeness (QED) is 0.528. The molecule has 0 atom stereocenters. The van der Waals surface area contributed by atoms with Crippen LogP contribution in [-0.2, 0) is 16.4 Å². The molecule has 0 spiro atoms. The van der Waals surface area contributed by atoms with Gasteiger partial charge in [0.15, 0.2) is 0 Å². The van der Waals surface area contributed by atoms with Gasteiger partial charge in [-0.1, -0.05) is 35.3 Å². The van der Waals surface area contributed by atoms with E-state index in [9.17, 15) is 8.42 Å². The summed E-state index contributed by atoms with van der Waals surface area (Å²) in [5, 5.41) is 0.970. The number of fused-ring (bicyclic) bond motifs is 1. The highest BCUT2D eigenvalue weighted by Gasteiger charge is 2.27. The van der Waals surface area contributed by atoms with Crippen molar-refractivity contribution in [2.75, 3.05) is 0 Å². The molecule has 1 aromatic heterocycles. The minimum atomic E-state index is -3.43. The molecule has 2 N–H and O–H groups in total. The van der Waals surface area contributed by atoms with Crippen LogP contribution in [0, 0.1) is 0 Å². The van der Waals surface area contributed by atoms with Crippen molar-refractivity contribution >= 4 is 60.2 Å². The molecule has 0 unspecified atom stereocenters. The van der Waals surface area contributed by atoms with Gasteiger partial charge in [0, 0.05) is 12.5 Å². The Hall–Kier alpha value is -1.12. The topological polar surface area (TPSA) is 74.8 Å². The van der Waals surface area contributed by atoms with Gasteiger partial charge in [0.2, 0.25) is 10.0 Å². The van der Waals surface area contributed by atoms with Gasteiger partial charge in [0.05, 0.1) is 24.9 Å². The minimum Gasteiger partial charge on any atom is -0.342 e. The second-order valence-electron chi connectivity index (χ2n) is 6.28. The van der Waals surface area contributed by atoms with Crippen LogP contribution in [-0.4, -0.2) is 24.4 Å². The van der Waals surface area contributed by atoms with Gasteiger partial charge < -0.3 is 4.98 Å². The fourth-order valence-corrected chi connectivity index (χ4v) is 4.77. The molecular formula is C17H14BrCl2N3O2S. The molecule has 1 heterocycles. The maximum Gasteiger partial charge on any atom is 0.240 e. The Morgan fingerprint density at radius 3 is 2.58 bits per heavy atom. The van der Waals surface area contributed by atoms with Crippen molar-refractivity contribution in [2.24, 2.45) is 0 Å². The third-order valence-electron chi connectivity index (χ3n) is 4.17. The van der Waals surface area contributed by atoms with Crippen molar-refractivity contribution in [2.45, 2.75) is 30.2 Å². The molecule has 0 radical (unpaired) electrons. The van der Waals surface area contributed by atoms with Crippen LogP contribution in [0.25, 0.3) is 11.0 Å². The lowest BCUT2D eigenvalue weighted by Gasteiger charge is -2.06. The number of halogens is 3. The van der Waals surface area contributed by atoms with Gasteiger partial charge in [0.25, 0.3) is 0 Å². The number of nitrogens with one attached hydrogen (secondary N) is 2. The van der Waals surface area contributed by atoms with Gasteiger partial charge >= 0.3 is 0 Å². The highest BCUT2D eigenvalue weighted by atomic mass is 79.9. The number of hydrogen-bond acceptors (Lipinski definition) is 3. The molecule has 9 heteroatoms. The fraction of sp³-hybridized carbons (Fsp3) is 0.235. The third kappa shape index (κ3) is 3.64. The zero-order chi connectivity index (χ0) is 18.5. The largest absolute Gasteiger partial charge is 0.342 e. The van der Waals surface area contributed by atoms with E-state index in [4.69, 9.17) is 23.2 Å². The lowest BCUT2D eigenvalue weighted by atomic mass is 10.1. The number of nitrogens with zero attached hydrogens (tertiary/aromatic N) is 1. The van der Waals surface area contributed by atoms with Gasteiger partial charge in [-0.15, -0.1) is 0 Å². The molecule has 1 saturated carbocycles. The number of hydrogen-bond donors (Lipinski definition) is 2. The van der Waals surface area contributed by atoms with Crippen LogP contribution in [0.3, 0.4) is 0 Å². The van der Waals surface area contributed by atoms with Crippen molar-refractivity contribution < 1.29 is 8.42 Å². The molecule has 0 amide bonds. The number of aromatic nitrogens is 2. The molecule has 1 fully saturated rings. The monoisotopic (exact) mass is 473 g/mol. The van der Waals surface area contributed by atoms with Crippen LogP contribution < -0.4 is 4.72 Å². The summed E-state index contributed by atoms with van der Waals surface area (Å²) in [7, 11) is -3.43. The average Bonchev–Trinajstić information content (AvgIpc) is 3.31. The van der Waals surface area contributed by atoms with Crippen molar-refractivity contribution in [1.82, 2.24) is 14.7 Å². The number of rotatable bonds is 5. The number of H-pyrrole nitrogens is 1. The lowest BCUT2D eigenvalue weighted by molar-refractivity contribution is 0.581. The van der Waals surface area contributed by atoms with E-state index in [0.29, 0.717) is 26.5 Å². The molecule has 2 aromatic carbocycles. The Morgan fingerprint density at radius 1 is 1.23 bits per heavy atom. The van der Waals surface area contributed by atoms with Crippen LogP contribution in [0.2, 0.25) is 10.0 Å². The van der Waals surface area contributed by atoms with Crippen molar-refractivity contribution in [3.05, 3.63) is 56.2 Å². The number of aromatic amines is 1. The first-order valence-corrected chi connectivity index (χ1v) is 11.0. The van der Waals surface area contributed by atoms with Gasteiger partial charge in [-0.05, 0) is 52.5 Å². The first-order valence-electron chi connectivity index (χ1n) is 7.97. The van der Waals surface area contributed by atoms with E-state index in [0.717, 1.165) is 29.7 Å². The standard InChI is InChI=1S/C17H14BrCl2N3O2S/c18-15-12(19)8-13-17(16(15)20)22-14(21-13)7-9-1-5-11(6-2-9)26(24,25)23-10-3-4-10/h1-2,5-6,8,10,23H,3-4,7H2,(H,21,22). The smallest absolute Gasteiger partial charge is 0.240 e. The van der Waals surface area contributed by atoms with Crippen LogP contribution in [0.4, 0.5) is 0 Å². The lowest BCUT2D eigenvalue weighted by Crippen LogP contribution is -2.25. The van der Waals surface area contributed by atoms with Crippen LogP contribution in [0.15, 0.2) is 39.7 Å². The Bertz CT molecular complexity index is 1090. The summed E-state index contributed by atoms with van der Waals surface area (Å²) in [5.74, 6) is 0.725. The summed E-state index contributed by atoms with van der Waals surface area (Å²) in [6.07, 6.45) is 2.34. The summed E-state index contributed by atoms with van der Waals surface area (Å²) in [6, 6.07) is 8.67. The molecular weight excluding hydrogens is 461 g/mol. The Morgan fingerprint density at radius 2 is 1.92 bits per heavy atom.